The van der Waals surface area contributed by atoms with E-state index < -0.39 is 0 Å². The van der Waals surface area contributed by atoms with Gasteiger partial charge >= 0.3 is 0 Å². The Labute approximate surface area is 109 Å². The fraction of sp³-hybridized carbons (Fsp3) is 0.222. The molecule has 3 aliphatic carbocycles. The highest BCUT2D eigenvalue weighted by Crippen LogP contribution is 2.27. The van der Waals surface area contributed by atoms with Crippen molar-refractivity contribution in [2.45, 2.75) is 25.7 Å². The van der Waals surface area contributed by atoms with E-state index in [0.717, 1.165) is 12.0 Å². The van der Waals surface area contributed by atoms with Gasteiger partial charge in [-0.25, -0.2) is 0 Å². The lowest BCUT2D eigenvalue weighted by molar-refractivity contribution is 0.797. The summed E-state index contributed by atoms with van der Waals surface area (Å²) in [6.07, 6.45) is 22.6. The second-order valence-electron chi connectivity index (χ2n) is 5.16. The van der Waals surface area contributed by atoms with Crippen molar-refractivity contribution in [3.05, 3.63) is 83.1 Å². The molecule has 3 rings (SSSR count). The summed E-state index contributed by atoms with van der Waals surface area (Å²) in [7, 11) is 0. The Hall–Kier alpha value is -1.82. The molecule has 4 bridgehead atoms. The molecule has 0 nitrogen and oxygen atoms in total. The molecule has 0 saturated carbocycles. The van der Waals surface area contributed by atoms with Crippen LogP contribution in [0.5, 0.6) is 0 Å². The first kappa shape index (κ1) is 11.3. The Morgan fingerprint density at radius 2 is 1.61 bits per heavy atom. The first-order valence-electron chi connectivity index (χ1n) is 6.66. The van der Waals surface area contributed by atoms with Gasteiger partial charge in [0.05, 0.1) is 0 Å². The first-order valence-corrected chi connectivity index (χ1v) is 6.66. The van der Waals surface area contributed by atoms with Gasteiger partial charge in [-0.3, -0.25) is 0 Å². The molecule has 90 valence electrons. The highest BCUT2D eigenvalue weighted by Gasteiger charge is 2.07. The van der Waals surface area contributed by atoms with Gasteiger partial charge in [0.1, 0.15) is 0 Å². The lowest BCUT2D eigenvalue weighted by Gasteiger charge is -2.13. The van der Waals surface area contributed by atoms with E-state index in [-0.39, 0.29) is 0 Å². The minimum Gasteiger partial charge on any atom is -0.0918 e. The lowest BCUT2D eigenvalue weighted by Crippen LogP contribution is -1.93. The van der Waals surface area contributed by atoms with E-state index in [9.17, 15) is 0 Å². The summed E-state index contributed by atoms with van der Waals surface area (Å²) in [5.74, 6) is 0. The fourth-order valence-corrected chi connectivity index (χ4v) is 2.63. The topological polar surface area (TPSA) is 0 Å². The summed E-state index contributed by atoms with van der Waals surface area (Å²) >= 11 is 0. The van der Waals surface area contributed by atoms with Crippen LogP contribution in [0.2, 0.25) is 0 Å². The average Bonchev–Trinajstić information content (AvgIpc) is 2.82. The Bertz CT molecular complexity index is 557. The maximum atomic E-state index is 4.12. The van der Waals surface area contributed by atoms with Gasteiger partial charge in [0.2, 0.25) is 0 Å². The summed E-state index contributed by atoms with van der Waals surface area (Å²) in [6.45, 7) is 4.12. The van der Waals surface area contributed by atoms with Crippen LogP contribution >= 0.6 is 0 Å². The van der Waals surface area contributed by atoms with E-state index >= 15 is 0 Å². The van der Waals surface area contributed by atoms with Gasteiger partial charge in [0.15, 0.2) is 0 Å². The third kappa shape index (κ3) is 2.53. The quantitative estimate of drug-likeness (QED) is 0.555. The third-order valence-electron chi connectivity index (χ3n) is 3.60. The van der Waals surface area contributed by atoms with Crippen molar-refractivity contribution in [2.75, 3.05) is 0 Å². The van der Waals surface area contributed by atoms with Gasteiger partial charge < -0.3 is 0 Å². The summed E-state index contributed by atoms with van der Waals surface area (Å²) in [6, 6.07) is 0. The molecule has 18 heavy (non-hydrogen) atoms. The smallest absolute Gasteiger partial charge is 0.00882 e. The number of rotatable bonds is 0. The molecule has 0 aromatic heterocycles. The molecule has 0 spiro atoms. The minimum absolute atomic E-state index is 1.04. The second kappa shape index (κ2) is 4.81. The normalized spacial score (nSPS) is 27.2. The van der Waals surface area contributed by atoms with Crippen molar-refractivity contribution in [2.24, 2.45) is 0 Å². The third-order valence-corrected chi connectivity index (χ3v) is 3.60. The molecule has 0 aliphatic heterocycles. The van der Waals surface area contributed by atoms with E-state index in [4.69, 9.17) is 0 Å². The fourth-order valence-electron chi connectivity index (χ4n) is 2.63. The lowest BCUT2D eigenvalue weighted by atomic mass is 9.93. The highest BCUT2D eigenvalue weighted by atomic mass is 14.1. The van der Waals surface area contributed by atoms with E-state index in [1.165, 1.54) is 41.6 Å². The molecule has 0 radical (unpaired) electrons. The van der Waals surface area contributed by atoms with E-state index in [2.05, 4.69) is 55.2 Å². The largest absolute Gasteiger partial charge is 0.0918 e. The molecule has 0 heterocycles. The van der Waals surface area contributed by atoms with Crippen molar-refractivity contribution in [3.8, 4) is 0 Å². The van der Waals surface area contributed by atoms with Gasteiger partial charge in [0, 0.05) is 0 Å². The van der Waals surface area contributed by atoms with Crippen molar-refractivity contribution in [3.63, 3.8) is 0 Å². The Kier molecular flexibility index (Phi) is 3.02. The van der Waals surface area contributed by atoms with Crippen LogP contribution in [0.3, 0.4) is 0 Å². The molecule has 0 aromatic carbocycles. The Balaban J connectivity index is 2.01. The van der Waals surface area contributed by atoms with Crippen LogP contribution in [0.1, 0.15) is 25.7 Å². The molecular formula is C18H18. The minimum atomic E-state index is 1.04. The van der Waals surface area contributed by atoms with Crippen LogP contribution in [0.4, 0.5) is 0 Å². The van der Waals surface area contributed by atoms with E-state index in [1.807, 2.05) is 0 Å². The number of allylic oxidation sites excluding steroid dienone is 13. The molecule has 0 aromatic rings. The maximum Gasteiger partial charge on any atom is -0.00882 e. The summed E-state index contributed by atoms with van der Waals surface area (Å²) in [5, 5.41) is 0. The van der Waals surface area contributed by atoms with Crippen molar-refractivity contribution < 1.29 is 0 Å². The summed E-state index contributed by atoms with van der Waals surface area (Å²) < 4.78 is 0. The van der Waals surface area contributed by atoms with Gasteiger partial charge in [-0.2, -0.15) is 0 Å². The molecule has 0 fully saturated rings. The zero-order valence-corrected chi connectivity index (χ0v) is 10.7. The van der Waals surface area contributed by atoms with Crippen LogP contribution < -0.4 is 0 Å². The van der Waals surface area contributed by atoms with Crippen LogP contribution in [0, 0.1) is 0 Å². The van der Waals surface area contributed by atoms with Crippen molar-refractivity contribution in [1.82, 2.24) is 0 Å². The molecule has 3 aliphatic rings. The molecule has 0 N–H and O–H groups in total. The molecule has 0 atom stereocenters. The van der Waals surface area contributed by atoms with Gasteiger partial charge in [0.25, 0.3) is 0 Å². The average molecular weight is 234 g/mol. The second-order valence-corrected chi connectivity index (χ2v) is 5.16. The van der Waals surface area contributed by atoms with Gasteiger partial charge in [-0.05, 0) is 53.5 Å². The van der Waals surface area contributed by atoms with E-state index in [1.54, 1.807) is 0 Å². The maximum absolute atomic E-state index is 4.12. The zero-order valence-electron chi connectivity index (χ0n) is 10.7. The van der Waals surface area contributed by atoms with E-state index in [0.29, 0.717) is 0 Å². The number of hydrogen-bond acceptors (Lipinski definition) is 0. The SMILES string of the molecule is C=C1C=CC2=CC(=CC2)/C=C\C2=CC(=C/1)/CCC2. The molecule has 0 saturated heterocycles. The summed E-state index contributed by atoms with van der Waals surface area (Å²) in [5.41, 5.74) is 6.65. The zero-order chi connectivity index (χ0) is 12.4. The van der Waals surface area contributed by atoms with Gasteiger partial charge in [-0.15, -0.1) is 0 Å². The van der Waals surface area contributed by atoms with Crippen LogP contribution in [-0.2, 0) is 0 Å². The van der Waals surface area contributed by atoms with Crippen LogP contribution in [-0.4, -0.2) is 0 Å². The molecule has 0 heteroatoms. The predicted molar refractivity (Wildman–Crippen MR) is 78.2 cm³/mol. The first-order chi connectivity index (χ1) is 8.79. The predicted octanol–water partition coefficient (Wildman–Crippen LogP) is 4.96. The standard InChI is InChI=1S/C18H18/c1-14-5-6-16-9-10-17(12-16)8-7-15-3-2-4-18(11-14)13-15/h5-8,10-13H,1-4,9H2/b6-5?,8-7-,18-11+. The van der Waals surface area contributed by atoms with Crippen LogP contribution in [0.15, 0.2) is 83.1 Å². The Morgan fingerprint density at radius 3 is 2.56 bits per heavy atom. The van der Waals surface area contributed by atoms with Crippen molar-refractivity contribution >= 4 is 0 Å². The molecular weight excluding hydrogens is 216 g/mol. The van der Waals surface area contributed by atoms with Crippen LogP contribution in [0.25, 0.3) is 0 Å². The summed E-state index contributed by atoms with van der Waals surface area (Å²) in [4.78, 5) is 0. The Morgan fingerprint density at radius 1 is 0.778 bits per heavy atom. The van der Waals surface area contributed by atoms with Gasteiger partial charge in [-0.1, -0.05) is 55.2 Å². The molecule has 0 unspecified atom stereocenters. The monoisotopic (exact) mass is 234 g/mol. The molecule has 0 amide bonds. The van der Waals surface area contributed by atoms with Crippen molar-refractivity contribution in [1.29, 1.82) is 0 Å². The highest BCUT2D eigenvalue weighted by molar-refractivity contribution is 5.49. The number of hydrogen-bond donors (Lipinski definition) is 0. The number of fused-ring (bicyclic) bond motifs is 2.